The Morgan fingerprint density at radius 2 is 2.07 bits per heavy atom. The van der Waals surface area contributed by atoms with Crippen LogP contribution in [-0.4, -0.2) is 39.8 Å². The van der Waals surface area contributed by atoms with Crippen molar-refractivity contribution in [2.75, 3.05) is 13.6 Å². The first-order chi connectivity index (χ1) is 6.46. The van der Waals surface area contributed by atoms with E-state index in [1.165, 1.54) is 0 Å². The summed E-state index contributed by atoms with van der Waals surface area (Å²) in [6.45, 7) is 2.93. The Labute approximate surface area is 99.6 Å². The van der Waals surface area contributed by atoms with E-state index in [0.717, 1.165) is 19.4 Å². The summed E-state index contributed by atoms with van der Waals surface area (Å²) >= 11 is 17.6. The molecule has 0 radical (unpaired) electrons. The summed E-state index contributed by atoms with van der Waals surface area (Å²) in [6, 6.07) is 0. The van der Waals surface area contributed by atoms with Crippen molar-refractivity contribution in [2.24, 2.45) is 5.10 Å². The second-order valence-corrected chi connectivity index (χ2v) is 5.70. The second-order valence-electron chi connectivity index (χ2n) is 3.33. The molecule has 1 atom stereocenters. The second kappa shape index (κ2) is 4.77. The monoisotopic (exact) mass is 257 g/mol. The molecular formula is C8H14Cl3N3. The van der Waals surface area contributed by atoms with Crippen molar-refractivity contribution in [2.45, 2.75) is 29.7 Å². The highest BCUT2D eigenvalue weighted by Crippen LogP contribution is 2.36. The van der Waals surface area contributed by atoms with Crippen molar-refractivity contribution in [1.29, 1.82) is 0 Å². The quantitative estimate of drug-likeness (QED) is 0.725. The normalized spacial score (nSPS) is 22.2. The van der Waals surface area contributed by atoms with Crippen molar-refractivity contribution in [3.8, 4) is 0 Å². The van der Waals surface area contributed by atoms with Gasteiger partial charge in [0.05, 0.1) is 0 Å². The molecule has 0 saturated heterocycles. The van der Waals surface area contributed by atoms with Crippen LogP contribution in [0.25, 0.3) is 0 Å². The largest absolute Gasteiger partial charge is 0.339 e. The van der Waals surface area contributed by atoms with E-state index in [0.29, 0.717) is 0 Å². The zero-order chi connectivity index (χ0) is 10.8. The number of hydrogen-bond acceptors (Lipinski definition) is 3. The lowest BCUT2D eigenvalue weighted by molar-refractivity contribution is 0.148. The fraction of sp³-hybridized carbons (Fsp3) is 0.875. The zero-order valence-electron chi connectivity index (χ0n) is 8.25. The minimum Gasteiger partial charge on any atom is -0.339 e. The van der Waals surface area contributed by atoms with Crippen molar-refractivity contribution in [3.05, 3.63) is 0 Å². The first-order valence-electron chi connectivity index (χ1n) is 4.56. The van der Waals surface area contributed by atoms with Crippen LogP contribution in [0.5, 0.6) is 0 Å². The Hall–Kier alpha value is 0.140. The van der Waals surface area contributed by atoms with Gasteiger partial charge in [0.2, 0.25) is 3.79 Å². The van der Waals surface area contributed by atoms with E-state index in [4.69, 9.17) is 34.8 Å². The van der Waals surface area contributed by atoms with Crippen LogP contribution in [0.2, 0.25) is 0 Å². The topological polar surface area (TPSA) is 18.8 Å². The SMILES string of the molecule is CCCCN1N=CN(C)C1C(Cl)(Cl)Cl. The Balaban J connectivity index is 2.62. The molecule has 0 aromatic carbocycles. The van der Waals surface area contributed by atoms with Crippen molar-refractivity contribution >= 4 is 41.1 Å². The van der Waals surface area contributed by atoms with E-state index in [1.807, 2.05) is 17.0 Å². The van der Waals surface area contributed by atoms with Crippen molar-refractivity contribution in [1.82, 2.24) is 9.91 Å². The Kier molecular flexibility index (Phi) is 4.16. The van der Waals surface area contributed by atoms with Gasteiger partial charge in [-0.3, -0.25) is 5.01 Å². The van der Waals surface area contributed by atoms with Gasteiger partial charge in [-0.2, -0.15) is 5.10 Å². The lowest BCUT2D eigenvalue weighted by Gasteiger charge is -2.33. The molecule has 0 spiro atoms. The molecule has 1 heterocycles. The van der Waals surface area contributed by atoms with Gasteiger partial charge < -0.3 is 4.90 Å². The van der Waals surface area contributed by atoms with E-state index in [9.17, 15) is 0 Å². The van der Waals surface area contributed by atoms with E-state index in [2.05, 4.69) is 12.0 Å². The molecule has 0 aromatic rings. The van der Waals surface area contributed by atoms with Crippen LogP contribution in [0, 0.1) is 0 Å². The van der Waals surface area contributed by atoms with Gasteiger partial charge in [-0.15, -0.1) is 0 Å². The molecule has 82 valence electrons. The Morgan fingerprint density at radius 3 is 2.57 bits per heavy atom. The summed E-state index contributed by atoms with van der Waals surface area (Å²) in [7, 11) is 1.85. The van der Waals surface area contributed by atoms with E-state index >= 15 is 0 Å². The van der Waals surface area contributed by atoms with Crippen LogP contribution in [0.4, 0.5) is 0 Å². The minimum absolute atomic E-state index is 0.293. The average Bonchev–Trinajstić information content (AvgIpc) is 2.42. The molecule has 1 aliphatic heterocycles. The molecule has 0 bridgehead atoms. The number of nitrogens with zero attached hydrogens (tertiary/aromatic N) is 3. The Bertz CT molecular complexity index is 214. The van der Waals surface area contributed by atoms with Gasteiger partial charge in [-0.05, 0) is 6.42 Å². The van der Waals surface area contributed by atoms with Crippen molar-refractivity contribution in [3.63, 3.8) is 0 Å². The third-order valence-corrected chi connectivity index (χ3v) is 2.67. The summed E-state index contributed by atoms with van der Waals surface area (Å²) in [5.41, 5.74) is 0. The third-order valence-electron chi connectivity index (χ3n) is 2.08. The number of halogens is 3. The first kappa shape index (κ1) is 12.2. The van der Waals surface area contributed by atoms with Gasteiger partial charge in [0.1, 0.15) is 6.34 Å². The molecule has 1 aliphatic rings. The molecule has 1 rings (SSSR count). The van der Waals surface area contributed by atoms with Crippen molar-refractivity contribution < 1.29 is 0 Å². The number of alkyl halides is 3. The summed E-state index contributed by atoms with van der Waals surface area (Å²) in [6.07, 6.45) is 3.53. The minimum atomic E-state index is -1.33. The molecule has 0 saturated carbocycles. The number of unbranched alkanes of at least 4 members (excludes halogenated alkanes) is 1. The standard InChI is InChI=1S/C8H14Cl3N3/c1-3-4-5-14-7(8(9,10)11)13(2)6-12-14/h6-7H,3-5H2,1-2H3. The van der Waals surface area contributed by atoms with Crippen LogP contribution in [0.3, 0.4) is 0 Å². The number of hydrogen-bond donors (Lipinski definition) is 0. The summed E-state index contributed by atoms with van der Waals surface area (Å²) in [5.74, 6) is 0. The maximum Gasteiger partial charge on any atom is 0.230 e. The highest BCUT2D eigenvalue weighted by molar-refractivity contribution is 6.68. The molecule has 14 heavy (non-hydrogen) atoms. The van der Waals surface area contributed by atoms with Crippen LogP contribution < -0.4 is 0 Å². The van der Waals surface area contributed by atoms with Crippen LogP contribution in [0.1, 0.15) is 19.8 Å². The fourth-order valence-corrected chi connectivity index (χ4v) is 2.18. The molecule has 0 N–H and O–H groups in total. The molecule has 3 nitrogen and oxygen atoms in total. The smallest absolute Gasteiger partial charge is 0.230 e. The number of rotatable bonds is 3. The van der Waals surface area contributed by atoms with E-state index in [-0.39, 0.29) is 6.17 Å². The molecule has 6 heteroatoms. The van der Waals surface area contributed by atoms with Gasteiger partial charge in [0.15, 0.2) is 6.17 Å². The molecule has 1 unspecified atom stereocenters. The van der Waals surface area contributed by atoms with Gasteiger partial charge in [0.25, 0.3) is 0 Å². The lowest BCUT2D eigenvalue weighted by Crippen LogP contribution is -2.47. The van der Waals surface area contributed by atoms with E-state index in [1.54, 1.807) is 6.34 Å². The molecule has 0 aromatic heterocycles. The summed E-state index contributed by atoms with van der Waals surface area (Å²) in [5, 5.41) is 6.00. The summed E-state index contributed by atoms with van der Waals surface area (Å²) < 4.78 is -1.33. The predicted molar refractivity (Wildman–Crippen MR) is 61.9 cm³/mol. The predicted octanol–water partition coefficient (Wildman–Crippen LogP) is 2.67. The van der Waals surface area contributed by atoms with Crippen LogP contribution >= 0.6 is 34.8 Å². The maximum atomic E-state index is 5.88. The van der Waals surface area contributed by atoms with Crippen LogP contribution in [0.15, 0.2) is 5.10 Å². The Morgan fingerprint density at radius 1 is 1.43 bits per heavy atom. The highest BCUT2D eigenvalue weighted by Gasteiger charge is 2.41. The average molecular weight is 259 g/mol. The molecule has 0 amide bonds. The summed E-state index contributed by atoms with van der Waals surface area (Å²) in [4.78, 5) is 1.81. The molecule has 0 aliphatic carbocycles. The van der Waals surface area contributed by atoms with Gasteiger partial charge >= 0.3 is 0 Å². The molecular weight excluding hydrogens is 244 g/mol. The fourth-order valence-electron chi connectivity index (χ4n) is 1.38. The van der Waals surface area contributed by atoms with Gasteiger partial charge in [-0.25, -0.2) is 0 Å². The van der Waals surface area contributed by atoms with E-state index < -0.39 is 3.79 Å². The highest BCUT2D eigenvalue weighted by atomic mass is 35.6. The molecule has 0 fully saturated rings. The lowest BCUT2D eigenvalue weighted by atomic mass is 10.3. The first-order valence-corrected chi connectivity index (χ1v) is 5.69. The van der Waals surface area contributed by atoms with Gasteiger partial charge in [-0.1, -0.05) is 48.1 Å². The van der Waals surface area contributed by atoms with Crippen LogP contribution in [-0.2, 0) is 0 Å². The van der Waals surface area contributed by atoms with Gasteiger partial charge in [0, 0.05) is 13.6 Å². The maximum absolute atomic E-state index is 5.88. The number of hydrazone groups is 1. The third kappa shape index (κ3) is 2.81. The zero-order valence-corrected chi connectivity index (χ0v) is 10.5.